The fraction of sp³-hybridized carbons (Fsp3) is 0.562. The molecule has 6 nitrogen and oxygen atoms in total. The lowest BCUT2D eigenvalue weighted by Crippen LogP contribution is -2.41. The number of rotatable bonds is 3. The van der Waals surface area contributed by atoms with Crippen molar-refractivity contribution in [2.45, 2.75) is 44.6 Å². The SMILES string of the molecule is Cn1nc(CS(C)(=O)=O)c2c(Cl)ccc(B3OC(C)(C)C(C)(C)O3)c21. The number of benzene rings is 1. The molecule has 1 aromatic carbocycles. The van der Waals surface area contributed by atoms with E-state index in [0.29, 0.717) is 16.1 Å². The summed E-state index contributed by atoms with van der Waals surface area (Å²) in [5.74, 6) is -0.170. The Labute approximate surface area is 153 Å². The molecule has 25 heavy (non-hydrogen) atoms. The number of hydrogen-bond donors (Lipinski definition) is 0. The molecule has 1 aromatic heterocycles. The van der Waals surface area contributed by atoms with Gasteiger partial charge in [0, 0.05) is 24.2 Å². The van der Waals surface area contributed by atoms with Gasteiger partial charge in [-0.1, -0.05) is 17.7 Å². The van der Waals surface area contributed by atoms with Crippen molar-refractivity contribution < 1.29 is 17.7 Å². The first-order chi connectivity index (χ1) is 11.3. The molecule has 0 bridgehead atoms. The molecule has 0 atom stereocenters. The summed E-state index contributed by atoms with van der Waals surface area (Å²) >= 11 is 6.37. The van der Waals surface area contributed by atoms with Crippen LogP contribution in [0, 0.1) is 0 Å². The van der Waals surface area contributed by atoms with Crippen molar-refractivity contribution in [1.82, 2.24) is 9.78 Å². The summed E-state index contributed by atoms with van der Waals surface area (Å²) in [7, 11) is -2.05. The van der Waals surface area contributed by atoms with Gasteiger partial charge >= 0.3 is 7.12 Å². The van der Waals surface area contributed by atoms with E-state index in [4.69, 9.17) is 20.9 Å². The minimum atomic E-state index is -3.24. The van der Waals surface area contributed by atoms with Gasteiger partial charge in [-0.15, -0.1) is 0 Å². The Bertz CT molecular complexity index is 937. The van der Waals surface area contributed by atoms with Crippen molar-refractivity contribution in [2.24, 2.45) is 7.05 Å². The van der Waals surface area contributed by atoms with Crippen molar-refractivity contribution in [2.75, 3.05) is 6.26 Å². The van der Waals surface area contributed by atoms with Crippen molar-refractivity contribution >= 4 is 44.9 Å². The van der Waals surface area contributed by atoms with Crippen LogP contribution in [0.4, 0.5) is 0 Å². The number of aromatic nitrogens is 2. The summed E-state index contributed by atoms with van der Waals surface area (Å²) in [5.41, 5.74) is 0.996. The summed E-state index contributed by atoms with van der Waals surface area (Å²) in [6, 6.07) is 3.58. The number of halogens is 1. The first kappa shape index (κ1) is 18.7. The lowest BCUT2D eigenvalue weighted by Gasteiger charge is -2.32. The van der Waals surface area contributed by atoms with Crippen molar-refractivity contribution in [3.05, 3.63) is 22.8 Å². The molecule has 1 saturated heterocycles. The Morgan fingerprint density at radius 3 is 2.28 bits per heavy atom. The Hall–Kier alpha value is -1.09. The number of fused-ring (bicyclic) bond motifs is 1. The molecular weight excluding hydrogens is 363 g/mol. The molecule has 9 heteroatoms. The fourth-order valence-corrected chi connectivity index (χ4v) is 3.96. The van der Waals surface area contributed by atoms with Crippen LogP contribution in [-0.4, -0.2) is 42.8 Å². The number of nitrogens with zero attached hydrogens (tertiary/aromatic N) is 2. The molecular formula is C16H22BClN2O4S. The molecule has 0 unspecified atom stereocenters. The van der Waals surface area contributed by atoms with Crippen molar-refractivity contribution in [3.63, 3.8) is 0 Å². The third kappa shape index (κ3) is 3.21. The smallest absolute Gasteiger partial charge is 0.399 e. The highest BCUT2D eigenvalue weighted by atomic mass is 35.5. The fourth-order valence-electron chi connectivity index (χ4n) is 3.00. The highest BCUT2D eigenvalue weighted by Gasteiger charge is 2.52. The van der Waals surface area contributed by atoms with Crippen molar-refractivity contribution in [1.29, 1.82) is 0 Å². The van der Waals surface area contributed by atoms with E-state index in [2.05, 4.69) is 5.10 Å². The lowest BCUT2D eigenvalue weighted by atomic mass is 9.77. The average molecular weight is 385 g/mol. The third-order valence-corrected chi connectivity index (χ3v) is 6.06. The zero-order chi connectivity index (χ0) is 18.8. The quantitative estimate of drug-likeness (QED) is 0.758. The van der Waals surface area contributed by atoms with Crippen LogP contribution in [0.3, 0.4) is 0 Å². The van der Waals surface area contributed by atoms with Gasteiger partial charge in [0.2, 0.25) is 0 Å². The van der Waals surface area contributed by atoms with E-state index < -0.39 is 28.2 Å². The van der Waals surface area contributed by atoms with Gasteiger partial charge in [-0.05, 0) is 33.8 Å². The van der Waals surface area contributed by atoms with E-state index >= 15 is 0 Å². The monoisotopic (exact) mass is 384 g/mol. The maximum Gasteiger partial charge on any atom is 0.497 e. The highest BCUT2D eigenvalue weighted by molar-refractivity contribution is 7.89. The Morgan fingerprint density at radius 1 is 1.20 bits per heavy atom. The first-order valence-electron chi connectivity index (χ1n) is 8.00. The molecule has 1 aliphatic heterocycles. The zero-order valence-electron chi connectivity index (χ0n) is 15.3. The van der Waals surface area contributed by atoms with Gasteiger partial charge in [0.25, 0.3) is 0 Å². The van der Waals surface area contributed by atoms with Gasteiger partial charge < -0.3 is 9.31 Å². The van der Waals surface area contributed by atoms with E-state index in [-0.39, 0.29) is 5.75 Å². The molecule has 3 rings (SSSR count). The van der Waals surface area contributed by atoms with Crippen molar-refractivity contribution in [3.8, 4) is 0 Å². The highest BCUT2D eigenvalue weighted by Crippen LogP contribution is 2.37. The van der Waals surface area contributed by atoms with Crippen LogP contribution in [-0.2, 0) is 31.9 Å². The summed E-state index contributed by atoms with van der Waals surface area (Å²) in [6.07, 6.45) is 1.18. The Kier molecular flexibility index (Phi) is 4.27. The molecule has 2 aromatic rings. The summed E-state index contributed by atoms with van der Waals surface area (Å²) in [4.78, 5) is 0. The maximum atomic E-state index is 11.7. The van der Waals surface area contributed by atoms with E-state index in [1.165, 1.54) is 6.26 Å². The second-order valence-electron chi connectivity index (χ2n) is 7.59. The summed E-state index contributed by atoms with van der Waals surface area (Å²) in [6.45, 7) is 7.94. The summed E-state index contributed by atoms with van der Waals surface area (Å²) in [5, 5.41) is 5.47. The Morgan fingerprint density at radius 2 is 1.76 bits per heavy atom. The molecule has 0 spiro atoms. The van der Waals surface area contributed by atoms with Crippen LogP contribution < -0.4 is 5.46 Å². The molecule has 0 radical (unpaired) electrons. The number of hydrogen-bond acceptors (Lipinski definition) is 5. The summed E-state index contributed by atoms with van der Waals surface area (Å²) < 4.78 is 37.4. The lowest BCUT2D eigenvalue weighted by molar-refractivity contribution is 0.00578. The van der Waals surface area contributed by atoms with Crippen LogP contribution in [0.15, 0.2) is 12.1 Å². The zero-order valence-corrected chi connectivity index (χ0v) is 16.8. The largest absolute Gasteiger partial charge is 0.497 e. The normalized spacial score (nSPS) is 19.7. The Balaban J connectivity index is 2.18. The number of aryl methyl sites for hydroxylation is 1. The van der Waals surface area contributed by atoms with Gasteiger partial charge in [0.15, 0.2) is 9.84 Å². The molecule has 1 fully saturated rings. The number of sulfone groups is 1. The van der Waals surface area contributed by atoms with E-state index in [1.807, 2.05) is 33.8 Å². The molecule has 2 heterocycles. The van der Waals surface area contributed by atoms with Crippen LogP contribution in [0.1, 0.15) is 33.4 Å². The van der Waals surface area contributed by atoms with Crippen LogP contribution >= 0.6 is 11.6 Å². The molecule has 0 saturated carbocycles. The second kappa shape index (κ2) is 5.71. The van der Waals surface area contributed by atoms with Crippen LogP contribution in [0.25, 0.3) is 10.9 Å². The van der Waals surface area contributed by atoms with Gasteiger partial charge in [0.05, 0.1) is 33.2 Å². The van der Waals surface area contributed by atoms with E-state index in [1.54, 1.807) is 17.8 Å². The van der Waals surface area contributed by atoms with E-state index in [0.717, 1.165) is 11.0 Å². The molecule has 0 N–H and O–H groups in total. The van der Waals surface area contributed by atoms with Gasteiger partial charge in [-0.2, -0.15) is 5.10 Å². The molecule has 136 valence electrons. The third-order valence-electron chi connectivity index (χ3n) is 4.95. The first-order valence-corrected chi connectivity index (χ1v) is 10.4. The molecule has 1 aliphatic rings. The van der Waals surface area contributed by atoms with Gasteiger partial charge in [-0.25, -0.2) is 8.42 Å². The molecule has 0 amide bonds. The van der Waals surface area contributed by atoms with Gasteiger partial charge in [-0.3, -0.25) is 4.68 Å². The minimum Gasteiger partial charge on any atom is -0.399 e. The predicted molar refractivity (Wildman–Crippen MR) is 100.0 cm³/mol. The second-order valence-corrected chi connectivity index (χ2v) is 10.1. The topological polar surface area (TPSA) is 70.4 Å². The average Bonchev–Trinajstić information content (AvgIpc) is 2.84. The maximum absolute atomic E-state index is 11.7. The van der Waals surface area contributed by atoms with E-state index in [9.17, 15) is 8.42 Å². The van der Waals surface area contributed by atoms with Gasteiger partial charge in [0.1, 0.15) is 0 Å². The van der Waals surface area contributed by atoms with Crippen LogP contribution in [0.5, 0.6) is 0 Å². The minimum absolute atomic E-state index is 0.170. The standard InChI is InChI=1S/C16H22BClN2O4S/c1-15(2)16(3,4)24-17(23-15)10-7-8-11(18)13-12(9-25(6,21)22)19-20(5)14(10)13/h7-8H,9H2,1-6H3. The van der Waals surface area contributed by atoms with Crippen LogP contribution in [0.2, 0.25) is 5.02 Å². The predicted octanol–water partition coefficient (Wildman–Crippen LogP) is 2.07. The molecule has 0 aliphatic carbocycles.